The summed E-state index contributed by atoms with van der Waals surface area (Å²) < 4.78 is 15.0. The summed E-state index contributed by atoms with van der Waals surface area (Å²) in [5.41, 5.74) is 2.55. The Labute approximate surface area is 150 Å². The van der Waals surface area contributed by atoms with Gasteiger partial charge in [-0.2, -0.15) is 0 Å². The summed E-state index contributed by atoms with van der Waals surface area (Å²) in [4.78, 5) is 24.0. The Morgan fingerprint density at radius 2 is 1.60 bits per heavy atom. The van der Waals surface area contributed by atoms with Gasteiger partial charge in [0.1, 0.15) is 11.5 Å². The molecule has 6 nitrogen and oxygen atoms in total. The first-order valence-corrected chi connectivity index (χ1v) is 9.70. The summed E-state index contributed by atoms with van der Waals surface area (Å²) in [6, 6.07) is 14.4. The lowest BCUT2D eigenvalue weighted by atomic mass is 9.84. The van der Waals surface area contributed by atoms with Gasteiger partial charge in [0.2, 0.25) is 0 Å². The van der Waals surface area contributed by atoms with Crippen molar-refractivity contribution in [2.24, 2.45) is 0 Å². The molecule has 0 spiro atoms. The second-order valence-corrected chi connectivity index (χ2v) is 7.73. The summed E-state index contributed by atoms with van der Waals surface area (Å²) in [5, 5.41) is 0.784. The summed E-state index contributed by atoms with van der Waals surface area (Å²) in [6.45, 7) is 2.12. The van der Waals surface area contributed by atoms with Crippen LogP contribution in [0.3, 0.4) is 0 Å². The molecule has 0 saturated carbocycles. The molecule has 0 amide bonds. The standard InChI is InChI=1S/C17H16ClNO.H3O4P/c1-19-9-14-12-4-2-3-5-16(12)20-17-7-6-11(18)8-13(17)15(14)10-19;1-5(2,3)4/h2-8,14-15H,9-10H2,1H3;(H3,1,2,3,4)/t14-,15-;/m0./s1. The molecular weight excluding hydrogens is 365 g/mol. The summed E-state index contributed by atoms with van der Waals surface area (Å²) in [7, 11) is -2.46. The Balaban J connectivity index is 0.000000324. The number of rotatable bonds is 0. The quantitative estimate of drug-likeness (QED) is 0.604. The molecule has 1 saturated heterocycles. The fraction of sp³-hybridized carbons (Fsp3) is 0.294. The number of ether oxygens (including phenoxy) is 1. The number of hydrogen-bond acceptors (Lipinski definition) is 3. The molecule has 2 aliphatic rings. The lowest BCUT2D eigenvalue weighted by Gasteiger charge is -2.17. The molecule has 2 aliphatic heterocycles. The van der Waals surface area contributed by atoms with E-state index in [4.69, 9.17) is 35.6 Å². The molecule has 1 fully saturated rings. The first-order chi connectivity index (χ1) is 11.7. The van der Waals surface area contributed by atoms with E-state index in [1.165, 1.54) is 11.1 Å². The van der Waals surface area contributed by atoms with Crippen molar-refractivity contribution in [1.82, 2.24) is 4.90 Å². The highest BCUT2D eigenvalue weighted by molar-refractivity contribution is 7.45. The van der Waals surface area contributed by atoms with Crippen molar-refractivity contribution in [3.63, 3.8) is 0 Å². The molecule has 8 heteroatoms. The van der Waals surface area contributed by atoms with Crippen LogP contribution >= 0.6 is 19.4 Å². The predicted octanol–water partition coefficient (Wildman–Crippen LogP) is 3.33. The zero-order valence-corrected chi connectivity index (χ0v) is 15.2. The van der Waals surface area contributed by atoms with Crippen molar-refractivity contribution in [2.75, 3.05) is 20.1 Å². The minimum atomic E-state index is -4.64. The molecule has 2 aromatic carbocycles. The third-order valence-electron chi connectivity index (χ3n) is 4.41. The summed E-state index contributed by atoms with van der Waals surface area (Å²) in [6.07, 6.45) is 0. The van der Waals surface area contributed by atoms with E-state index >= 15 is 0 Å². The van der Waals surface area contributed by atoms with Crippen molar-refractivity contribution in [3.8, 4) is 11.5 Å². The highest BCUT2D eigenvalue weighted by atomic mass is 35.5. The largest absolute Gasteiger partial charge is 0.466 e. The van der Waals surface area contributed by atoms with Crippen LogP contribution in [0.2, 0.25) is 5.02 Å². The molecule has 0 unspecified atom stereocenters. The van der Waals surface area contributed by atoms with Crippen molar-refractivity contribution in [2.45, 2.75) is 11.8 Å². The van der Waals surface area contributed by atoms with E-state index in [0.717, 1.165) is 29.6 Å². The number of halogens is 1. The zero-order valence-electron chi connectivity index (χ0n) is 13.5. The Morgan fingerprint density at radius 1 is 1.04 bits per heavy atom. The van der Waals surface area contributed by atoms with Crippen molar-refractivity contribution >= 4 is 19.4 Å². The van der Waals surface area contributed by atoms with Crippen LogP contribution in [-0.2, 0) is 4.57 Å². The van der Waals surface area contributed by atoms with Crippen LogP contribution in [0.1, 0.15) is 23.0 Å². The van der Waals surface area contributed by atoms with E-state index in [0.29, 0.717) is 11.8 Å². The molecule has 134 valence electrons. The molecule has 2 aromatic rings. The molecule has 3 N–H and O–H groups in total. The van der Waals surface area contributed by atoms with E-state index in [1.807, 2.05) is 18.2 Å². The molecule has 25 heavy (non-hydrogen) atoms. The average molecular weight is 384 g/mol. The van der Waals surface area contributed by atoms with Gasteiger partial charge in [0, 0.05) is 35.5 Å². The van der Waals surface area contributed by atoms with Crippen molar-refractivity contribution in [3.05, 3.63) is 58.6 Å². The minimum absolute atomic E-state index is 0.456. The molecule has 2 heterocycles. The van der Waals surface area contributed by atoms with Gasteiger partial charge in [0.15, 0.2) is 0 Å². The van der Waals surface area contributed by atoms with E-state index in [1.54, 1.807) is 0 Å². The van der Waals surface area contributed by atoms with Crippen LogP contribution in [0, 0.1) is 0 Å². The topological polar surface area (TPSA) is 90.2 Å². The van der Waals surface area contributed by atoms with Gasteiger partial charge in [-0.3, -0.25) is 0 Å². The number of nitrogens with zero attached hydrogens (tertiary/aromatic N) is 1. The van der Waals surface area contributed by atoms with E-state index in [9.17, 15) is 0 Å². The number of para-hydroxylation sites is 1. The second-order valence-electron chi connectivity index (χ2n) is 6.27. The molecule has 2 atom stereocenters. The lowest BCUT2D eigenvalue weighted by Crippen LogP contribution is -2.14. The molecule has 0 aliphatic carbocycles. The van der Waals surface area contributed by atoms with Crippen LogP contribution < -0.4 is 4.74 Å². The van der Waals surface area contributed by atoms with Gasteiger partial charge in [0.25, 0.3) is 0 Å². The van der Waals surface area contributed by atoms with Gasteiger partial charge in [-0.05, 0) is 36.9 Å². The maximum absolute atomic E-state index is 8.88. The Bertz CT molecular complexity index is 816. The fourth-order valence-corrected chi connectivity index (χ4v) is 3.71. The zero-order chi connectivity index (χ0) is 18.2. The van der Waals surface area contributed by atoms with Gasteiger partial charge in [-0.15, -0.1) is 0 Å². The molecule has 0 aromatic heterocycles. The molecule has 4 rings (SSSR count). The van der Waals surface area contributed by atoms with Gasteiger partial charge in [0.05, 0.1) is 0 Å². The summed E-state index contributed by atoms with van der Waals surface area (Å²) in [5.74, 6) is 2.87. The first-order valence-electron chi connectivity index (χ1n) is 7.75. The molecule has 0 radical (unpaired) electrons. The average Bonchev–Trinajstić information content (AvgIpc) is 2.84. The minimum Gasteiger partial charge on any atom is -0.457 e. The number of fused-ring (bicyclic) bond motifs is 5. The maximum atomic E-state index is 8.88. The first kappa shape index (κ1) is 18.4. The SMILES string of the molecule is CN1C[C@H]2c3ccccc3Oc3ccc(Cl)cc3[C@@H]2C1.O=P(O)(O)O. The predicted molar refractivity (Wildman–Crippen MR) is 95.2 cm³/mol. The number of phosphoric acid groups is 1. The highest BCUT2D eigenvalue weighted by Gasteiger charge is 2.38. The lowest BCUT2D eigenvalue weighted by molar-refractivity contribution is 0.275. The van der Waals surface area contributed by atoms with Crippen molar-refractivity contribution in [1.29, 1.82) is 0 Å². The normalized spacial score (nSPS) is 21.8. The van der Waals surface area contributed by atoms with Gasteiger partial charge >= 0.3 is 7.82 Å². The monoisotopic (exact) mass is 383 g/mol. The smallest absolute Gasteiger partial charge is 0.457 e. The third-order valence-corrected chi connectivity index (χ3v) is 4.65. The number of benzene rings is 2. The van der Waals surface area contributed by atoms with Crippen molar-refractivity contribution < 1.29 is 24.0 Å². The van der Waals surface area contributed by atoms with Crippen LogP contribution in [-0.4, -0.2) is 39.7 Å². The number of likely N-dealkylation sites (tertiary alicyclic amines) is 1. The van der Waals surface area contributed by atoms with Gasteiger partial charge < -0.3 is 24.3 Å². The van der Waals surface area contributed by atoms with E-state index in [-0.39, 0.29) is 0 Å². The maximum Gasteiger partial charge on any atom is 0.466 e. The van der Waals surface area contributed by atoms with E-state index in [2.05, 4.69) is 36.2 Å². The highest BCUT2D eigenvalue weighted by Crippen LogP contribution is 2.49. The van der Waals surface area contributed by atoms with Crippen LogP contribution in [0.4, 0.5) is 0 Å². The Hall–Kier alpha value is -1.40. The number of likely N-dealkylation sites (N-methyl/N-ethyl adjacent to an activating group) is 1. The van der Waals surface area contributed by atoms with E-state index < -0.39 is 7.82 Å². The Kier molecular flexibility index (Phi) is 5.21. The molecular formula is C17H19ClNO5P. The van der Waals surface area contributed by atoms with Gasteiger partial charge in [-0.25, -0.2) is 4.57 Å². The van der Waals surface area contributed by atoms with Crippen LogP contribution in [0.5, 0.6) is 11.5 Å². The van der Waals surface area contributed by atoms with Crippen LogP contribution in [0.15, 0.2) is 42.5 Å². The van der Waals surface area contributed by atoms with Gasteiger partial charge in [-0.1, -0.05) is 29.8 Å². The number of hydrogen-bond donors (Lipinski definition) is 3. The second kappa shape index (κ2) is 7.08. The fourth-order valence-electron chi connectivity index (χ4n) is 3.53. The summed E-state index contributed by atoms with van der Waals surface area (Å²) >= 11 is 6.20. The third kappa shape index (κ3) is 4.42. The molecule has 0 bridgehead atoms. The van der Waals surface area contributed by atoms with Crippen LogP contribution in [0.25, 0.3) is 0 Å². The Morgan fingerprint density at radius 3 is 2.28 bits per heavy atom.